The highest BCUT2D eigenvalue weighted by molar-refractivity contribution is 6.44. The van der Waals surface area contributed by atoms with Gasteiger partial charge in [-0.2, -0.15) is 0 Å². The zero-order valence-corrected chi connectivity index (χ0v) is 11.8. The third kappa shape index (κ3) is 3.51. The molecule has 1 aliphatic carbocycles. The number of halogens is 3. The van der Waals surface area contributed by atoms with Gasteiger partial charge in [0, 0.05) is 12.5 Å². The Morgan fingerprint density at radius 3 is 2.50 bits per heavy atom. The van der Waals surface area contributed by atoms with Crippen LogP contribution in [0.4, 0.5) is 5.69 Å². The lowest BCUT2D eigenvalue weighted by Gasteiger charge is -2.12. The fraction of sp³-hybridized carbons (Fsp3) is 0.417. The Hall–Kier alpha value is -0.480. The number of benzene rings is 1. The molecule has 0 aliphatic heterocycles. The Morgan fingerprint density at radius 2 is 1.89 bits per heavy atom. The minimum absolute atomic E-state index is 0.0773. The number of amides is 1. The van der Waals surface area contributed by atoms with E-state index >= 15 is 0 Å². The number of hydrogen-bond donors (Lipinski definition) is 2. The molecule has 1 unspecified atom stereocenters. The number of anilines is 1. The van der Waals surface area contributed by atoms with Crippen molar-refractivity contribution in [1.82, 2.24) is 0 Å². The minimum Gasteiger partial charge on any atom is -0.327 e. The Bertz CT molecular complexity index is 475. The number of carbonyl (C=O) groups is 1. The van der Waals surface area contributed by atoms with Crippen LogP contribution in [0.25, 0.3) is 0 Å². The average Bonchev–Trinajstić information content (AvgIpc) is 3.09. The van der Waals surface area contributed by atoms with Crippen molar-refractivity contribution in [2.75, 3.05) is 5.32 Å². The van der Waals surface area contributed by atoms with Crippen LogP contribution in [0.5, 0.6) is 0 Å². The van der Waals surface area contributed by atoms with E-state index in [-0.39, 0.29) is 11.9 Å². The van der Waals surface area contributed by atoms with Gasteiger partial charge in [-0.25, -0.2) is 0 Å². The van der Waals surface area contributed by atoms with Gasteiger partial charge in [0.15, 0.2) is 0 Å². The number of rotatable bonds is 4. The monoisotopic (exact) mass is 306 g/mol. The summed E-state index contributed by atoms with van der Waals surface area (Å²) in [5, 5.41) is 3.76. The van der Waals surface area contributed by atoms with Gasteiger partial charge in [-0.1, -0.05) is 34.8 Å². The van der Waals surface area contributed by atoms with Crippen LogP contribution in [0.1, 0.15) is 19.3 Å². The topological polar surface area (TPSA) is 55.1 Å². The summed E-state index contributed by atoms with van der Waals surface area (Å²) in [7, 11) is 0. The van der Waals surface area contributed by atoms with Crippen molar-refractivity contribution in [3.63, 3.8) is 0 Å². The fourth-order valence-corrected chi connectivity index (χ4v) is 2.32. The van der Waals surface area contributed by atoms with E-state index in [1.54, 1.807) is 0 Å². The van der Waals surface area contributed by atoms with Crippen LogP contribution in [-0.4, -0.2) is 11.9 Å². The van der Waals surface area contributed by atoms with Crippen LogP contribution in [-0.2, 0) is 4.79 Å². The minimum atomic E-state index is -0.158. The highest BCUT2D eigenvalue weighted by atomic mass is 35.5. The zero-order chi connectivity index (χ0) is 13.3. The summed E-state index contributed by atoms with van der Waals surface area (Å²) in [6.45, 7) is 0. The van der Waals surface area contributed by atoms with E-state index in [0.717, 1.165) is 12.8 Å². The van der Waals surface area contributed by atoms with Gasteiger partial charge in [-0.05, 0) is 30.9 Å². The summed E-state index contributed by atoms with van der Waals surface area (Å²) >= 11 is 17.6. The van der Waals surface area contributed by atoms with Crippen molar-refractivity contribution in [1.29, 1.82) is 0 Å². The summed E-state index contributed by atoms with van der Waals surface area (Å²) in [6, 6.07) is 2.96. The van der Waals surface area contributed by atoms with Gasteiger partial charge in [-0.3, -0.25) is 4.79 Å². The maximum Gasteiger partial charge on any atom is 0.225 e. The SMILES string of the molecule is NC(CC(=O)Nc1cc(Cl)c(Cl)cc1Cl)C1CC1. The Kier molecular flexibility index (Phi) is 4.38. The molecule has 1 aromatic carbocycles. The van der Waals surface area contributed by atoms with Crippen LogP contribution in [0.2, 0.25) is 15.1 Å². The van der Waals surface area contributed by atoms with Crippen LogP contribution in [0.15, 0.2) is 12.1 Å². The first-order chi connectivity index (χ1) is 8.47. The van der Waals surface area contributed by atoms with Crippen molar-refractivity contribution >= 4 is 46.4 Å². The molecule has 2 rings (SSSR count). The lowest BCUT2D eigenvalue weighted by molar-refractivity contribution is -0.116. The summed E-state index contributed by atoms with van der Waals surface area (Å²) in [5.41, 5.74) is 6.34. The predicted octanol–water partition coefficient (Wildman–Crippen LogP) is 3.71. The molecule has 1 amide bonds. The molecular weight excluding hydrogens is 295 g/mol. The number of carbonyl (C=O) groups excluding carboxylic acids is 1. The highest BCUT2D eigenvalue weighted by Gasteiger charge is 2.29. The van der Waals surface area contributed by atoms with E-state index in [0.29, 0.717) is 33.1 Å². The van der Waals surface area contributed by atoms with Crippen molar-refractivity contribution in [2.24, 2.45) is 11.7 Å². The standard InChI is InChI=1S/C12H13Cl3N2O/c13-7-3-9(15)11(4-8(7)14)17-12(18)5-10(16)6-1-2-6/h3-4,6,10H,1-2,5,16H2,(H,17,18). The molecule has 0 bridgehead atoms. The fourth-order valence-electron chi connectivity index (χ4n) is 1.72. The van der Waals surface area contributed by atoms with Gasteiger partial charge < -0.3 is 11.1 Å². The molecular formula is C12H13Cl3N2O. The van der Waals surface area contributed by atoms with Crippen LogP contribution in [0.3, 0.4) is 0 Å². The maximum atomic E-state index is 11.8. The van der Waals surface area contributed by atoms with Crippen LogP contribution < -0.4 is 11.1 Å². The first kappa shape index (κ1) is 13.9. The van der Waals surface area contributed by atoms with Gasteiger partial charge in [0.1, 0.15) is 0 Å². The van der Waals surface area contributed by atoms with Crippen molar-refractivity contribution in [3.8, 4) is 0 Å². The van der Waals surface area contributed by atoms with E-state index in [1.807, 2.05) is 0 Å². The first-order valence-corrected chi connectivity index (χ1v) is 6.80. The molecule has 1 saturated carbocycles. The molecule has 0 saturated heterocycles. The second kappa shape index (κ2) is 5.66. The smallest absolute Gasteiger partial charge is 0.225 e. The number of nitrogens with one attached hydrogen (secondary N) is 1. The van der Waals surface area contributed by atoms with E-state index in [1.165, 1.54) is 12.1 Å². The van der Waals surface area contributed by atoms with E-state index in [2.05, 4.69) is 5.32 Å². The Labute approximate surface area is 121 Å². The zero-order valence-electron chi connectivity index (χ0n) is 9.55. The third-order valence-corrected chi connectivity index (χ3v) is 3.97. The third-order valence-electron chi connectivity index (χ3n) is 2.93. The van der Waals surface area contributed by atoms with Crippen LogP contribution >= 0.6 is 34.8 Å². The molecule has 18 heavy (non-hydrogen) atoms. The Balaban J connectivity index is 1.99. The molecule has 0 heterocycles. The van der Waals surface area contributed by atoms with Crippen molar-refractivity contribution < 1.29 is 4.79 Å². The molecule has 1 fully saturated rings. The van der Waals surface area contributed by atoms with Gasteiger partial charge >= 0.3 is 0 Å². The molecule has 6 heteroatoms. The van der Waals surface area contributed by atoms with Gasteiger partial charge in [0.05, 0.1) is 20.8 Å². The second-order valence-electron chi connectivity index (χ2n) is 4.50. The number of hydrogen-bond acceptors (Lipinski definition) is 2. The van der Waals surface area contributed by atoms with E-state index in [9.17, 15) is 4.79 Å². The normalized spacial score (nSPS) is 16.4. The molecule has 1 aliphatic rings. The molecule has 98 valence electrons. The molecule has 1 atom stereocenters. The quantitative estimate of drug-likeness (QED) is 0.833. The average molecular weight is 308 g/mol. The maximum absolute atomic E-state index is 11.8. The lowest BCUT2D eigenvalue weighted by atomic mass is 10.1. The molecule has 0 aromatic heterocycles. The summed E-state index contributed by atoms with van der Waals surface area (Å²) in [4.78, 5) is 11.8. The van der Waals surface area contributed by atoms with E-state index in [4.69, 9.17) is 40.5 Å². The van der Waals surface area contributed by atoms with Crippen molar-refractivity contribution in [2.45, 2.75) is 25.3 Å². The van der Waals surface area contributed by atoms with Crippen molar-refractivity contribution in [3.05, 3.63) is 27.2 Å². The molecule has 3 N–H and O–H groups in total. The largest absolute Gasteiger partial charge is 0.327 e. The van der Waals surface area contributed by atoms with E-state index < -0.39 is 0 Å². The first-order valence-electron chi connectivity index (χ1n) is 5.67. The summed E-state index contributed by atoms with van der Waals surface area (Å²) < 4.78 is 0. The molecule has 0 spiro atoms. The Morgan fingerprint density at radius 1 is 1.28 bits per heavy atom. The predicted molar refractivity (Wildman–Crippen MR) is 75.4 cm³/mol. The highest BCUT2D eigenvalue weighted by Crippen LogP contribution is 2.34. The van der Waals surface area contributed by atoms with Gasteiger partial charge in [0.25, 0.3) is 0 Å². The summed E-state index contributed by atoms with van der Waals surface area (Å²) in [6.07, 6.45) is 2.52. The number of nitrogens with two attached hydrogens (primary N) is 1. The van der Waals surface area contributed by atoms with Gasteiger partial charge in [-0.15, -0.1) is 0 Å². The second-order valence-corrected chi connectivity index (χ2v) is 5.72. The molecule has 1 aromatic rings. The van der Waals surface area contributed by atoms with Crippen LogP contribution in [0, 0.1) is 5.92 Å². The van der Waals surface area contributed by atoms with Gasteiger partial charge in [0.2, 0.25) is 5.91 Å². The summed E-state index contributed by atoms with van der Waals surface area (Å²) in [5.74, 6) is 0.328. The lowest BCUT2D eigenvalue weighted by Crippen LogP contribution is -2.28. The molecule has 3 nitrogen and oxygen atoms in total. The molecule has 0 radical (unpaired) electrons.